The molecular weight excluding hydrogens is 340 g/mol. The molecule has 1 aromatic heterocycles. The zero-order chi connectivity index (χ0) is 18.7. The van der Waals surface area contributed by atoms with E-state index in [4.69, 9.17) is 4.52 Å². The van der Waals surface area contributed by atoms with Gasteiger partial charge in [0.1, 0.15) is 0 Å². The highest BCUT2D eigenvalue weighted by Crippen LogP contribution is 2.24. The summed E-state index contributed by atoms with van der Waals surface area (Å²) in [5, 5.41) is 7.04. The number of nitrogens with zero attached hydrogens (tertiary/aromatic N) is 2. The maximum absolute atomic E-state index is 12.6. The third-order valence-electron chi connectivity index (χ3n) is 3.47. The van der Waals surface area contributed by atoms with Gasteiger partial charge in [-0.15, -0.1) is 0 Å². The Kier molecular flexibility index (Phi) is 5.84. The van der Waals surface area contributed by atoms with E-state index in [0.29, 0.717) is 35.1 Å². The van der Waals surface area contributed by atoms with Crippen molar-refractivity contribution in [2.24, 2.45) is 0 Å². The molecular formula is C17H26N4O3S. The Bertz CT molecular complexity index is 823. The number of benzene rings is 1. The average molecular weight is 366 g/mol. The number of sulfonamides is 1. The Morgan fingerprint density at radius 1 is 1.20 bits per heavy atom. The Balaban J connectivity index is 2.02. The molecule has 0 bridgehead atoms. The van der Waals surface area contributed by atoms with Gasteiger partial charge in [0, 0.05) is 24.2 Å². The van der Waals surface area contributed by atoms with Crippen molar-refractivity contribution in [3.63, 3.8) is 0 Å². The van der Waals surface area contributed by atoms with Crippen LogP contribution in [0.1, 0.15) is 44.5 Å². The van der Waals surface area contributed by atoms with Gasteiger partial charge in [0.2, 0.25) is 15.9 Å². The lowest BCUT2D eigenvalue weighted by Gasteiger charge is -2.22. The quantitative estimate of drug-likeness (QED) is 0.731. The van der Waals surface area contributed by atoms with Gasteiger partial charge in [0.05, 0.1) is 4.90 Å². The molecule has 0 unspecified atom stereocenters. The van der Waals surface area contributed by atoms with Gasteiger partial charge in [-0.1, -0.05) is 11.2 Å². The first kappa shape index (κ1) is 19.4. The van der Waals surface area contributed by atoms with Crippen molar-refractivity contribution in [3.8, 4) is 0 Å². The van der Waals surface area contributed by atoms with Gasteiger partial charge in [-0.25, -0.2) is 13.1 Å². The van der Waals surface area contributed by atoms with Crippen molar-refractivity contribution in [2.45, 2.75) is 57.9 Å². The van der Waals surface area contributed by atoms with Crippen molar-refractivity contribution < 1.29 is 12.9 Å². The normalized spacial score (nSPS) is 12.4. The third kappa shape index (κ3) is 5.54. The highest BCUT2D eigenvalue weighted by atomic mass is 32.2. The van der Waals surface area contributed by atoms with E-state index in [1.165, 1.54) is 0 Å². The standard InChI is InChI=1S/C17H26N4O3S/c1-12-14(18-11-7-10-16-19-13(2)20-24-16)8-6-9-15(12)25(22,23)21-17(3,4)5/h6,8-9,18,21H,7,10-11H2,1-5H3. The lowest BCUT2D eigenvalue weighted by atomic mass is 10.1. The predicted octanol–water partition coefficient (Wildman–Crippen LogP) is 2.81. The van der Waals surface area contributed by atoms with E-state index in [-0.39, 0.29) is 0 Å². The summed E-state index contributed by atoms with van der Waals surface area (Å²) in [4.78, 5) is 4.45. The lowest BCUT2D eigenvalue weighted by molar-refractivity contribution is 0.373. The van der Waals surface area contributed by atoms with Crippen LogP contribution in [0.2, 0.25) is 0 Å². The molecule has 0 fully saturated rings. The number of aryl methyl sites for hydroxylation is 2. The van der Waals surface area contributed by atoms with Crippen LogP contribution < -0.4 is 10.0 Å². The van der Waals surface area contributed by atoms with Crippen LogP contribution in [-0.4, -0.2) is 30.6 Å². The van der Waals surface area contributed by atoms with E-state index in [1.54, 1.807) is 26.0 Å². The SMILES string of the molecule is Cc1noc(CCCNc2cccc(S(=O)(=O)NC(C)(C)C)c2C)n1. The highest BCUT2D eigenvalue weighted by molar-refractivity contribution is 7.89. The first-order valence-corrected chi connectivity index (χ1v) is 9.73. The van der Waals surface area contributed by atoms with E-state index in [9.17, 15) is 8.42 Å². The van der Waals surface area contributed by atoms with Crippen LogP contribution in [0, 0.1) is 13.8 Å². The van der Waals surface area contributed by atoms with Crippen molar-refractivity contribution in [1.29, 1.82) is 0 Å². The summed E-state index contributed by atoms with van der Waals surface area (Å²) in [6.45, 7) is 9.73. The molecule has 0 spiro atoms. The topological polar surface area (TPSA) is 97.1 Å². The fraction of sp³-hybridized carbons (Fsp3) is 0.529. The van der Waals surface area contributed by atoms with Crippen LogP contribution in [0.25, 0.3) is 0 Å². The van der Waals surface area contributed by atoms with Crippen molar-refractivity contribution in [1.82, 2.24) is 14.9 Å². The lowest BCUT2D eigenvalue weighted by Crippen LogP contribution is -2.40. The zero-order valence-corrected chi connectivity index (χ0v) is 16.2. The predicted molar refractivity (Wildman–Crippen MR) is 97.1 cm³/mol. The number of aromatic nitrogens is 2. The summed E-state index contributed by atoms with van der Waals surface area (Å²) < 4.78 is 32.9. The molecule has 1 heterocycles. The zero-order valence-electron chi connectivity index (χ0n) is 15.4. The molecule has 0 saturated heterocycles. The Morgan fingerprint density at radius 3 is 2.52 bits per heavy atom. The molecule has 2 N–H and O–H groups in total. The fourth-order valence-corrected chi connectivity index (χ4v) is 4.15. The minimum atomic E-state index is -3.57. The molecule has 2 rings (SSSR count). The third-order valence-corrected chi connectivity index (χ3v) is 5.37. The van der Waals surface area contributed by atoms with E-state index >= 15 is 0 Å². The molecule has 138 valence electrons. The highest BCUT2D eigenvalue weighted by Gasteiger charge is 2.24. The van der Waals surface area contributed by atoms with Crippen LogP contribution >= 0.6 is 0 Å². The molecule has 0 saturated carbocycles. The second-order valence-electron chi connectivity index (χ2n) is 7.05. The Morgan fingerprint density at radius 2 is 1.92 bits per heavy atom. The summed E-state index contributed by atoms with van der Waals surface area (Å²) in [5.41, 5.74) is 0.975. The number of nitrogens with one attached hydrogen (secondary N) is 2. The minimum Gasteiger partial charge on any atom is -0.385 e. The first-order chi connectivity index (χ1) is 11.6. The van der Waals surface area contributed by atoms with Crippen LogP contribution in [0.4, 0.5) is 5.69 Å². The Hall–Kier alpha value is -1.93. The smallest absolute Gasteiger partial charge is 0.241 e. The summed E-state index contributed by atoms with van der Waals surface area (Å²) in [7, 11) is -3.57. The summed E-state index contributed by atoms with van der Waals surface area (Å²) in [6, 6.07) is 5.24. The van der Waals surface area contributed by atoms with Crippen molar-refractivity contribution in [2.75, 3.05) is 11.9 Å². The van der Waals surface area contributed by atoms with Gasteiger partial charge in [0.15, 0.2) is 5.82 Å². The van der Waals surface area contributed by atoms with Crippen LogP contribution in [0.3, 0.4) is 0 Å². The second kappa shape index (κ2) is 7.53. The van der Waals surface area contributed by atoms with Gasteiger partial charge in [-0.05, 0) is 58.7 Å². The van der Waals surface area contributed by atoms with Gasteiger partial charge in [0.25, 0.3) is 0 Å². The number of anilines is 1. The minimum absolute atomic E-state index is 0.292. The molecule has 0 amide bonds. The molecule has 2 aromatic rings. The molecule has 7 nitrogen and oxygen atoms in total. The van der Waals surface area contributed by atoms with Crippen LogP contribution in [-0.2, 0) is 16.4 Å². The van der Waals surface area contributed by atoms with Crippen molar-refractivity contribution >= 4 is 15.7 Å². The summed E-state index contributed by atoms with van der Waals surface area (Å²) in [6.07, 6.45) is 1.48. The number of rotatable bonds is 7. The van der Waals surface area contributed by atoms with Crippen LogP contribution in [0.5, 0.6) is 0 Å². The molecule has 1 aromatic carbocycles. The molecule has 8 heteroatoms. The van der Waals surface area contributed by atoms with Gasteiger partial charge < -0.3 is 9.84 Å². The molecule has 0 aliphatic heterocycles. The van der Waals surface area contributed by atoms with Gasteiger partial charge >= 0.3 is 0 Å². The summed E-state index contributed by atoms with van der Waals surface area (Å²) >= 11 is 0. The van der Waals surface area contributed by atoms with Gasteiger partial charge in [-0.3, -0.25) is 0 Å². The fourth-order valence-electron chi connectivity index (χ4n) is 2.46. The summed E-state index contributed by atoms with van der Waals surface area (Å²) in [5.74, 6) is 1.24. The monoisotopic (exact) mass is 366 g/mol. The van der Waals surface area contributed by atoms with E-state index < -0.39 is 15.6 Å². The number of hydrogen-bond donors (Lipinski definition) is 2. The molecule has 0 aliphatic carbocycles. The maximum atomic E-state index is 12.6. The number of hydrogen-bond acceptors (Lipinski definition) is 6. The molecule has 0 atom stereocenters. The van der Waals surface area contributed by atoms with E-state index in [1.807, 2.05) is 26.8 Å². The molecule has 25 heavy (non-hydrogen) atoms. The average Bonchev–Trinajstić information content (AvgIpc) is 2.88. The maximum Gasteiger partial charge on any atom is 0.241 e. The van der Waals surface area contributed by atoms with E-state index in [2.05, 4.69) is 20.2 Å². The van der Waals surface area contributed by atoms with Gasteiger partial charge in [-0.2, -0.15) is 4.98 Å². The van der Waals surface area contributed by atoms with E-state index in [0.717, 1.165) is 12.1 Å². The van der Waals surface area contributed by atoms with Crippen molar-refractivity contribution in [3.05, 3.63) is 35.5 Å². The van der Waals surface area contributed by atoms with Crippen LogP contribution in [0.15, 0.2) is 27.6 Å². The Labute approximate surface area is 149 Å². The largest absolute Gasteiger partial charge is 0.385 e. The second-order valence-corrected chi connectivity index (χ2v) is 8.70. The molecule has 0 aliphatic rings. The molecule has 0 radical (unpaired) electrons. The first-order valence-electron chi connectivity index (χ1n) is 8.25.